The van der Waals surface area contributed by atoms with E-state index >= 15 is 0 Å². The Balaban J connectivity index is 2.52. The van der Waals surface area contributed by atoms with Crippen LogP contribution in [0, 0.1) is 5.92 Å². The van der Waals surface area contributed by atoms with Crippen LogP contribution in [-0.4, -0.2) is 6.10 Å². The highest BCUT2D eigenvalue weighted by atomic mass is 79.9. The maximum Gasteiger partial charge on any atom is 0.0784 e. The Bertz CT molecular complexity index is 461. The molecule has 1 aromatic rings. The zero-order valence-electron chi connectivity index (χ0n) is 13.0. The van der Waals surface area contributed by atoms with Crippen LogP contribution in [0.3, 0.4) is 0 Å². The van der Waals surface area contributed by atoms with Crippen LogP contribution in [0.4, 0.5) is 0 Å². The lowest BCUT2D eigenvalue weighted by molar-refractivity contribution is 0.0618. The molecular weight excluding hydrogens is 392 g/mol. The third-order valence-electron chi connectivity index (χ3n) is 3.39. The van der Waals surface area contributed by atoms with Crippen molar-refractivity contribution in [1.82, 2.24) is 0 Å². The van der Waals surface area contributed by atoms with E-state index in [0.29, 0.717) is 12.5 Å². The third kappa shape index (κ3) is 7.98. The van der Waals surface area contributed by atoms with Gasteiger partial charge in [0.15, 0.2) is 0 Å². The summed E-state index contributed by atoms with van der Waals surface area (Å²) in [5, 5.41) is 0. The van der Waals surface area contributed by atoms with Crippen molar-refractivity contribution in [2.75, 3.05) is 0 Å². The zero-order chi connectivity index (χ0) is 15.7. The van der Waals surface area contributed by atoms with Crippen molar-refractivity contribution in [1.29, 1.82) is 0 Å². The molecule has 21 heavy (non-hydrogen) atoms. The lowest BCUT2D eigenvalue weighted by Gasteiger charge is -2.18. The normalized spacial score (nSPS) is 14.6. The third-order valence-corrected chi connectivity index (χ3v) is 3.92. The first kappa shape index (κ1) is 18.7. The molecule has 1 nitrogen and oxygen atoms in total. The molecule has 0 saturated heterocycles. The topological polar surface area (TPSA) is 9.23 Å². The standard InChI is InChI=1S/C18H24Br2O/c1-4-17(21-13-16-8-6-5-7-9-16)15(3)11-10-14(2)12-18(19)20/h5-9,11-12,14,17H,4,10,13H2,1-3H3/b15-11+. The Morgan fingerprint density at radius 1 is 1.24 bits per heavy atom. The summed E-state index contributed by atoms with van der Waals surface area (Å²) < 4.78 is 7.07. The molecule has 3 heteroatoms. The van der Waals surface area contributed by atoms with E-state index in [2.05, 4.69) is 89.0 Å². The van der Waals surface area contributed by atoms with Crippen LogP contribution in [0.5, 0.6) is 0 Å². The number of allylic oxidation sites excluding steroid dienone is 2. The molecule has 0 aliphatic carbocycles. The average molecular weight is 416 g/mol. The molecule has 1 aromatic carbocycles. The molecule has 0 fully saturated rings. The highest BCUT2D eigenvalue weighted by Gasteiger charge is 2.09. The summed E-state index contributed by atoms with van der Waals surface area (Å²) in [6.07, 6.45) is 6.69. The molecule has 0 bridgehead atoms. The van der Waals surface area contributed by atoms with Gasteiger partial charge in [0.25, 0.3) is 0 Å². The molecule has 2 atom stereocenters. The lowest BCUT2D eigenvalue weighted by atomic mass is 10.0. The van der Waals surface area contributed by atoms with Gasteiger partial charge in [0, 0.05) is 0 Å². The van der Waals surface area contributed by atoms with E-state index in [4.69, 9.17) is 4.74 Å². The predicted molar refractivity (Wildman–Crippen MR) is 98.8 cm³/mol. The van der Waals surface area contributed by atoms with E-state index in [-0.39, 0.29) is 6.10 Å². The maximum absolute atomic E-state index is 6.05. The van der Waals surface area contributed by atoms with Gasteiger partial charge in [0.1, 0.15) is 0 Å². The van der Waals surface area contributed by atoms with Crippen molar-refractivity contribution in [3.8, 4) is 0 Å². The van der Waals surface area contributed by atoms with Crippen molar-refractivity contribution in [2.24, 2.45) is 5.92 Å². The van der Waals surface area contributed by atoms with Crippen LogP contribution in [0.1, 0.15) is 39.2 Å². The molecule has 1 rings (SSSR count). The van der Waals surface area contributed by atoms with E-state index < -0.39 is 0 Å². The van der Waals surface area contributed by atoms with Gasteiger partial charge in [-0.3, -0.25) is 0 Å². The van der Waals surface area contributed by atoms with Gasteiger partial charge in [0.2, 0.25) is 0 Å². The molecule has 116 valence electrons. The Morgan fingerprint density at radius 3 is 2.48 bits per heavy atom. The van der Waals surface area contributed by atoms with E-state index in [1.165, 1.54) is 11.1 Å². The van der Waals surface area contributed by atoms with Gasteiger partial charge in [-0.2, -0.15) is 0 Å². The van der Waals surface area contributed by atoms with Crippen LogP contribution in [0.2, 0.25) is 0 Å². The summed E-state index contributed by atoms with van der Waals surface area (Å²) in [7, 11) is 0. The molecule has 0 saturated carbocycles. The SMILES string of the molecule is CCC(OCc1ccccc1)/C(C)=C/CC(C)C=C(Br)Br. The average Bonchev–Trinajstić information content (AvgIpc) is 2.46. The molecule has 0 amide bonds. The molecular formula is C18H24Br2O. The molecule has 0 N–H and O–H groups in total. The summed E-state index contributed by atoms with van der Waals surface area (Å²) >= 11 is 6.82. The maximum atomic E-state index is 6.05. The van der Waals surface area contributed by atoms with Gasteiger partial charge in [-0.15, -0.1) is 0 Å². The summed E-state index contributed by atoms with van der Waals surface area (Å²) in [6, 6.07) is 10.3. The van der Waals surface area contributed by atoms with Gasteiger partial charge in [-0.05, 0) is 68.7 Å². The van der Waals surface area contributed by atoms with Crippen molar-refractivity contribution in [3.63, 3.8) is 0 Å². The van der Waals surface area contributed by atoms with E-state index in [9.17, 15) is 0 Å². The quantitative estimate of drug-likeness (QED) is 0.435. The summed E-state index contributed by atoms with van der Waals surface area (Å²) in [5.41, 5.74) is 2.54. The van der Waals surface area contributed by atoms with Gasteiger partial charge in [0.05, 0.1) is 16.1 Å². The summed E-state index contributed by atoms with van der Waals surface area (Å²) in [6.45, 7) is 7.22. The van der Waals surface area contributed by atoms with Crippen molar-refractivity contribution in [3.05, 3.63) is 57.0 Å². The van der Waals surface area contributed by atoms with Crippen LogP contribution >= 0.6 is 31.9 Å². The van der Waals surface area contributed by atoms with Crippen LogP contribution in [0.15, 0.2) is 51.4 Å². The van der Waals surface area contributed by atoms with Gasteiger partial charge < -0.3 is 4.74 Å². The second-order valence-electron chi connectivity index (χ2n) is 5.31. The number of ether oxygens (including phenoxy) is 1. The molecule has 0 radical (unpaired) electrons. The Hall–Kier alpha value is -0.380. The molecule has 0 aromatic heterocycles. The molecule has 0 heterocycles. The minimum atomic E-state index is 0.203. The second kappa shape index (κ2) is 10.4. The van der Waals surface area contributed by atoms with Gasteiger partial charge >= 0.3 is 0 Å². The first-order valence-electron chi connectivity index (χ1n) is 7.38. The molecule has 0 spiro atoms. The highest BCUT2D eigenvalue weighted by Crippen LogP contribution is 2.20. The number of halogens is 2. The van der Waals surface area contributed by atoms with Gasteiger partial charge in [-0.25, -0.2) is 0 Å². The smallest absolute Gasteiger partial charge is 0.0784 e. The molecule has 0 aliphatic heterocycles. The minimum Gasteiger partial charge on any atom is -0.369 e. The number of benzene rings is 1. The fourth-order valence-corrected chi connectivity index (χ4v) is 3.03. The first-order chi connectivity index (χ1) is 10.0. The minimum absolute atomic E-state index is 0.203. The summed E-state index contributed by atoms with van der Waals surface area (Å²) in [5.74, 6) is 0.500. The Kier molecular flexibility index (Phi) is 9.21. The van der Waals surface area contributed by atoms with Crippen molar-refractivity contribution >= 4 is 31.9 Å². The van der Waals surface area contributed by atoms with Crippen molar-refractivity contribution in [2.45, 2.75) is 46.3 Å². The van der Waals surface area contributed by atoms with Crippen LogP contribution in [-0.2, 0) is 11.3 Å². The summed E-state index contributed by atoms with van der Waals surface area (Å²) in [4.78, 5) is 0. The van der Waals surface area contributed by atoms with E-state index in [1.54, 1.807) is 0 Å². The fraction of sp³-hybridized carbons (Fsp3) is 0.444. The largest absolute Gasteiger partial charge is 0.369 e. The first-order valence-corrected chi connectivity index (χ1v) is 8.96. The van der Waals surface area contributed by atoms with Crippen LogP contribution < -0.4 is 0 Å². The van der Waals surface area contributed by atoms with Crippen molar-refractivity contribution < 1.29 is 4.74 Å². The van der Waals surface area contributed by atoms with E-state index in [1.807, 2.05) is 6.07 Å². The second-order valence-corrected chi connectivity index (χ2v) is 8.08. The monoisotopic (exact) mass is 414 g/mol. The Morgan fingerprint density at radius 2 is 1.90 bits per heavy atom. The zero-order valence-corrected chi connectivity index (χ0v) is 16.2. The number of hydrogen-bond acceptors (Lipinski definition) is 1. The van der Waals surface area contributed by atoms with Crippen LogP contribution in [0.25, 0.3) is 0 Å². The Labute approximate surface area is 145 Å². The van der Waals surface area contributed by atoms with E-state index in [0.717, 1.165) is 16.2 Å². The highest BCUT2D eigenvalue weighted by molar-refractivity contribution is 9.28. The molecule has 2 unspecified atom stereocenters. The number of hydrogen-bond donors (Lipinski definition) is 0. The van der Waals surface area contributed by atoms with Gasteiger partial charge in [-0.1, -0.05) is 56.3 Å². The lowest BCUT2D eigenvalue weighted by Crippen LogP contribution is -2.13. The fourth-order valence-electron chi connectivity index (χ4n) is 2.13. The molecule has 0 aliphatic rings. The predicted octanol–water partition coefficient (Wildman–Crippen LogP) is 6.59. The number of rotatable bonds is 8.